The highest BCUT2D eigenvalue weighted by molar-refractivity contribution is 5.81. The van der Waals surface area contributed by atoms with Crippen LogP contribution < -0.4 is 0 Å². The van der Waals surface area contributed by atoms with Gasteiger partial charge in [0.25, 0.3) is 0 Å². The van der Waals surface area contributed by atoms with Crippen molar-refractivity contribution in [2.24, 2.45) is 5.92 Å². The van der Waals surface area contributed by atoms with Crippen molar-refractivity contribution in [3.8, 4) is 6.07 Å². The largest absolute Gasteiger partial charge is 0.388 e. The molecular weight excluding hydrogens is 172 g/mol. The molecule has 5 heteroatoms. The van der Waals surface area contributed by atoms with E-state index in [2.05, 4.69) is 0 Å². The fourth-order valence-electron chi connectivity index (χ4n) is 1.28. The smallest absolute Gasteiger partial charge is 0.239 e. The van der Waals surface area contributed by atoms with Crippen LogP contribution in [0, 0.1) is 17.2 Å². The van der Waals surface area contributed by atoms with Crippen molar-refractivity contribution in [3.05, 3.63) is 0 Å². The number of hydrogen-bond acceptors (Lipinski definition) is 4. The number of carbonyl (C=O) groups is 1. The zero-order valence-electron chi connectivity index (χ0n) is 7.34. The van der Waals surface area contributed by atoms with Crippen LogP contribution >= 0.6 is 0 Å². The zero-order chi connectivity index (χ0) is 10.0. The second-order valence-electron chi connectivity index (χ2n) is 3.23. The van der Waals surface area contributed by atoms with Gasteiger partial charge < -0.3 is 15.1 Å². The molecule has 1 rings (SSSR count). The third kappa shape index (κ3) is 1.97. The van der Waals surface area contributed by atoms with Gasteiger partial charge in [-0.25, -0.2) is 0 Å². The first-order chi connectivity index (χ1) is 6.06. The summed E-state index contributed by atoms with van der Waals surface area (Å²) in [4.78, 5) is 12.7. The number of carbonyl (C=O) groups excluding carboxylic acids is 1. The van der Waals surface area contributed by atoms with Crippen LogP contribution in [0.5, 0.6) is 0 Å². The Kier molecular flexibility index (Phi) is 2.86. The Balaban J connectivity index is 2.57. The van der Waals surface area contributed by atoms with Crippen LogP contribution in [0.1, 0.15) is 6.92 Å². The molecule has 0 aliphatic carbocycles. The molecule has 0 aromatic rings. The molecule has 0 bridgehead atoms. The van der Waals surface area contributed by atoms with Gasteiger partial charge in [0, 0.05) is 13.1 Å². The van der Waals surface area contributed by atoms with E-state index in [4.69, 9.17) is 15.5 Å². The number of rotatable bonds is 1. The lowest BCUT2D eigenvalue weighted by atomic mass is 10.2. The molecule has 1 saturated heterocycles. The molecule has 0 aromatic heterocycles. The monoisotopic (exact) mass is 184 g/mol. The Morgan fingerprint density at radius 2 is 2.00 bits per heavy atom. The van der Waals surface area contributed by atoms with Crippen molar-refractivity contribution in [1.82, 2.24) is 4.90 Å². The lowest BCUT2D eigenvalue weighted by Crippen LogP contribution is -2.33. The number of nitriles is 1. The number of aliphatic hydroxyl groups excluding tert-OH is 2. The van der Waals surface area contributed by atoms with Crippen molar-refractivity contribution >= 4 is 5.91 Å². The minimum Gasteiger partial charge on any atom is -0.388 e. The highest BCUT2D eigenvalue weighted by atomic mass is 16.3. The van der Waals surface area contributed by atoms with E-state index in [1.54, 1.807) is 0 Å². The second-order valence-corrected chi connectivity index (χ2v) is 3.23. The fourth-order valence-corrected chi connectivity index (χ4v) is 1.28. The van der Waals surface area contributed by atoms with E-state index >= 15 is 0 Å². The minimum absolute atomic E-state index is 0.117. The molecule has 1 unspecified atom stereocenters. The molecule has 1 amide bonds. The number of β-amino-alcohol motifs (C(OH)–C–C–N with tert-alkyl or cyclic N) is 2. The molecule has 3 atom stereocenters. The molecule has 0 saturated carbocycles. The normalized spacial score (nSPS) is 29.8. The molecule has 0 radical (unpaired) electrons. The Morgan fingerprint density at radius 3 is 2.38 bits per heavy atom. The standard InChI is InChI=1S/C8H12N2O3/c1-5(2-9)8(13)10-3-6(11)7(12)4-10/h5-7,11-12H,3-4H2,1H3/t5?,6-,7+. The van der Waals surface area contributed by atoms with E-state index < -0.39 is 18.1 Å². The Labute approximate surface area is 76.2 Å². The number of amides is 1. The first-order valence-corrected chi connectivity index (χ1v) is 4.10. The van der Waals surface area contributed by atoms with Crippen molar-refractivity contribution < 1.29 is 15.0 Å². The van der Waals surface area contributed by atoms with Gasteiger partial charge in [-0.15, -0.1) is 0 Å². The van der Waals surface area contributed by atoms with E-state index in [1.807, 2.05) is 6.07 Å². The van der Waals surface area contributed by atoms with Gasteiger partial charge in [-0.05, 0) is 6.92 Å². The molecule has 1 fully saturated rings. The van der Waals surface area contributed by atoms with Crippen molar-refractivity contribution in [3.63, 3.8) is 0 Å². The lowest BCUT2D eigenvalue weighted by molar-refractivity contribution is -0.132. The van der Waals surface area contributed by atoms with E-state index in [0.29, 0.717) is 0 Å². The number of hydrogen-bond donors (Lipinski definition) is 2. The highest BCUT2D eigenvalue weighted by Gasteiger charge is 2.34. The van der Waals surface area contributed by atoms with Gasteiger partial charge >= 0.3 is 0 Å². The number of likely N-dealkylation sites (tertiary alicyclic amines) is 1. The average molecular weight is 184 g/mol. The first kappa shape index (κ1) is 9.96. The van der Waals surface area contributed by atoms with Crippen LogP contribution in [0.3, 0.4) is 0 Å². The quantitative estimate of drug-likeness (QED) is 0.531. The molecule has 13 heavy (non-hydrogen) atoms. The molecule has 2 N–H and O–H groups in total. The molecule has 0 spiro atoms. The van der Waals surface area contributed by atoms with Crippen LogP contribution in [0.15, 0.2) is 0 Å². The summed E-state index contributed by atoms with van der Waals surface area (Å²) in [6.07, 6.45) is -1.76. The summed E-state index contributed by atoms with van der Waals surface area (Å²) in [6, 6.07) is 1.82. The summed E-state index contributed by atoms with van der Waals surface area (Å²) in [5.41, 5.74) is 0. The number of aliphatic hydroxyl groups is 2. The summed E-state index contributed by atoms with van der Waals surface area (Å²) < 4.78 is 0. The highest BCUT2D eigenvalue weighted by Crippen LogP contribution is 2.12. The summed E-state index contributed by atoms with van der Waals surface area (Å²) >= 11 is 0. The lowest BCUT2D eigenvalue weighted by Gasteiger charge is -2.15. The van der Waals surface area contributed by atoms with E-state index in [1.165, 1.54) is 11.8 Å². The Morgan fingerprint density at radius 1 is 1.54 bits per heavy atom. The van der Waals surface area contributed by atoms with Gasteiger partial charge in [-0.1, -0.05) is 0 Å². The van der Waals surface area contributed by atoms with Gasteiger partial charge in [0.2, 0.25) is 5.91 Å². The summed E-state index contributed by atoms with van der Waals surface area (Å²) in [6.45, 7) is 1.73. The maximum absolute atomic E-state index is 11.3. The van der Waals surface area contributed by atoms with Crippen LogP contribution in [-0.4, -0.2) is 46.3 Å². The second kappa shape index (κ2) is 3.73. The number of nitrogens with zero attached hydrogens (tertiary/aromatic N) is 2. The van der Waals surface area contributed by atoms with Crippen LogP contribution in [0.2, 0.25) is 0 Å². The average Bonchev–Trinajstić information content (AvgIpc) is 2.44. The van der Waals surface area contributed by atoms with E-state index in [-0.39, 0.29) is 19.0 Å². The molecule has 1 aliphatic rings. The van der Waals surface area contributed by atoms with Gasteiger partial charge in [-0.2, -0.15) is 5.26 Å². The molecule has 0 aromatic carbocycles. The Hall–Kier alpha value is -1.12. The molecular formula is C8H12N2O3. The topological polar surface area (TPSA) is 84.6 Å². The summed E-state index contributed by atoms with van der Waals surface area (Å²) in [7, 11) is 0. The first-order valence-electron chi connectivity index (χ1n) is 4.10. The van der Waals surface area contributed by atoms with E-state index in [0.717, 1.165) is 0 Å². The van der Waals surface area contributed by atoms with Crippen LogP contribution in [0.25, 0.3) is 0 Å². The molecule has 5 nitrogen and oxygen atoms in total. The fraction of sp³-hybridized carbons (Fsp3) is 0.750. The maximum Gasteiger partial charge on any atom is 0.239 e. The summed E-state index contributed by atoms with van der Waals surface area (Å²) in [5, 5.41) is 26.8. The van der Waals surface area contributed by atoms with Gasteiger partial charge in [0.1, 0.15) is 5.92 Å². The summed E-state index contributed by atoms with van der Waals surface area (Å²) in [5.74, 6) is -1.05. The Bertz CT molecular complexity index is 238. The van der Waals surface area contributed by atoms with Crippen molar-refractivity contribution in [1.29, 1.82) is 5.26 Å². The molecule has 1 aliphatic heterocycles. The zero-order valence-corrected chi connectivity index (χ0v) is 7.34. The molecule has 1 heterocycles. The predicted octanol–water partition coefficient (Wildman–Crippen LogP) is -1.29. The molecule has 72 valence electrons. The van der Waals surface area contributed by atoms with Gasteiger partial charge in [0.15, 0.2) is 0 Å². The van der Waals surface area contributed by atoms with Crippen LogP contribution in [0.4, 0.5) is 0 Å². The third-order valence-electron chi connectivity index (χ3n) is 2.13. The SMILES string of the molecule is CC(C#N)C(=O)N1C[C@@H](O)[C@@H](O)C1. The van der Waals surface area contributed by atoms with Crippen molar-refractivity contribution in [2.45, 2.75) is 19.1 Å². The van der Waals surface area contributed by atoms with Crippen molar-refractivity contribution in [2.75, 3.05) is 13.1 Å². The van der Waals surface area contributed by atoms with Gasteiger partial charge in [-0.3, -0.25) is 4.79 Å². The maximum atomic E-state index is 11.3. The van der Waals surface area contributed by atoms with E-state index in [9.17, 15) is 4.79 Å². The predicted molar refractivity (Wildman–Crippen MR) is 43.4 cm³/mol. The van der Waals surface area contributed by atoms with Crippen LogP contribution in [-0.2, 0) is 4.79 Å². The minimum atomic E-state index is -0.880. The third-order valence-corrected chi connectivity index (χ3v) is 2.13. The van der Waals surface area contributed by atoms with Gasteiger partial charge in [0.05, 0.1) is 18.3 Å².